The Balaban J connectivity index is 1.92. The van der Waals surface area contributed by atoms with E-state index in [2.05, 4.69) is 47.7 Å². The van der Waals surface area contributed by atoms with E-state index in [0.717, 1.165) is 11.3 Å². The highest BCUT2D eigenvalue weighted by atomic mass is 79.9. The molecule has 0 saturated carbocycles. The van der Waals surface area contributed by atoms with Crippen molar-refractivity contribution in [2.24, 2.45) is 5.10 Å². The molecule has 0 aliphatic rings. The maximum atomic E-state index is 11.7. The Morgan fingerprint density at radius 2 is 1.88 bits per heavy atom. The Morgan fingerprint density at radius 3 is 2.54 bits per heavy atom. The Hall–Kier alpha value is -2.06. The first-order chi connectivity index (χ1) is 11.4. The second-order valence-corrected chi connectivity index (χ2v) is 6.62. The molecule has 0 aliphatic heterocycles. The number of anilines is 1. The number of phenols is 2. The first kappa shape index (κ1) is 18.3. The number of halogens is 2. The summed E-state index contributed by atoms with van der Waals surface area (Å²) in [7, 11) is 0. The fraction of sp³-hybridized carbons (Fsp3) is 0.125. The summed E-state index contributed by atoms with van der Waals surface area (Å²) in [4.78, 5) is 11.7. The topological polar surface area (TPSA) is 94.0 Å². The number of aryl methyl sites for hydroxylation is 1. The van der Waals surface area contributed by atoms with Crippen LogP contribution >= 0.6 is 31.9 Å². The normalized spacial score (nSPS) is 10.8. The summed E-state index contributed by atoms with van der Waals surface area (Å²) in [5.74, 6) is -0.620. The van der Waals surface area contributed by atoms with Gasteiger partial charge in [0.15, 0.2) is 0 Å². The standard InChI is InChI=1S/C16H15Br2N3O3/c1-9-2-4-11(5-3-9)19-8-13(22)21-20-7-10-6-12(17)16(24)14(18)15(10)23/h2-7,19,23-24H,8H2,1H3,(H,21,22). The van der Waals surface area contributed by atoms with Crippen LogP contribution in [-0.4, -0.2) is 28.9 Å². The van der Waals surface area contributed by atoms with Crippen molar-refractivity contribution in [1.82, 2.24) is 5.43 Å². The Kier molecular flexibility index (Phi) is 6.22. The molecule has 0 heterocycles. The molecule has 0 aliphatic carbocycles. The van der Waals surface area contributed by atoms with Gasteiger partial charge in [-0.15, -0.1) is 0 Å². The highest BCUT2D eigenvalue weighted by molar-refractivity contribution is 9.11. The first-order valence-electron chi connectivity index (χ1n) is 6.91. The van der Waals surface area contributed by atoms with Crippen molar-refractivity contribution >= 4 is 49.7 Å². The van der Waals surface area contributed by atoms with Gasteiger partial charge in [-0.1, -0.05) is 17.7 Å². The van der Waals surface area contributed by atoms with Crippen molar-refractivity contribution in [2.75, 3.05) is 11.9 Å². The van der Waals surface area contributed by atoms with Gasteiger partial charge in [-0.25, -0.2) is 5.43 Å². The maximum Gasteiger partial charge on any atom is 0.259 e. The molecular weight excluding hydrogens is 442 g/mol. The van der Waals surface area contributed by atoms with E-state index in [1.165, 1.54) is 12.3 Å². The van der Waals surface area contributed by atoms with Crippen LogP contribution in [-0.2, 0) is 4.79 Å². The van der Waals surface area contributed by atoms with E-state index in [-0.39, 0.29) is 28.4 Å². The minimum atomic E-state index is -0.330. The lowest BCUT2D eigenvalue weighted by atomic mass is 10.2. The quantitative estimate of drug-likeness (QED) is 0.409. The third-order valence-corrected chi connectivity index (χ3v) is 4.45. The number of carbonyl (C=O) groups excluding carboxylic acids is 1. The van der Waals surface area contributed by atoms with Gasteiger partial charge in [-0.05, 0) is 57.0 Å². The molecule has 4 N–H and O–H groups in total. The molecule has 1 amide bonds. The van der Waals surface area contributed by atoms with E-state index in [4.69, 9.17) is 0 Å². The minimum Gasteiger partial charge on any atom is -0.506 e. The van der Waals surface area contributed by atoms with Gasteiger partial charge in [-0.2, -0.15) is 5.10 Å². The lowest BCUT2D eigenvalue weighted by molar-refractivity contribution is -0.119. The number of hydrogen-bond donors (Lipinski definition) is 4. The molecule has 0 atom stereocenters. The van der Waals surface area contributed by atoms with Crippen LogP contribution < -0.4 is 10.7 Å². The molecule has 8 heteroatoms. The van der Waals surface area contributed by atoms with Gasteiger partial charge in [0, 0.05) is 11.3 Å². The Labute approximate surface area is 155 Å². The summed E-state index contributed by atoms with van der Waals surface area (Å²) < 4.78 is 0.534. The van der Waals surface area contributed by atoms with Gasteiger partial charge >= 0.3 is 0 Å². The number of nitrogens with zero attached hydrogens (tertiary/aromatic N) is 1. The van der Waals surface area contributed by atoms with E-state index in [1.807, 2.05) is 31.2 Å². The molecule has 6 nitrogen and oxygen atoms in total. The molecular formula is C16H15Br2N3O3. The number of rotatable bonds is 5. The second kappa shape index (κ2) is 8.16. The van der Waals surface area contributed by atoms with Crippen molar-refractivity contribution < 1.29 is 15.0 Å². The molecule has 0 spiro atoms. The number of nitrogens with one attached hydrogen (secondary N) is 2. The lowest BCUT2D eigenvalue weighted by Crippen LogP contribution is -2.25. The SMILES string of the molecule is Cc1ccc(NCC(=O)NN=Cc2cc(Br)c(O)c(Br)c2O)cc1. The van der Waals surface area contributed by atoms with Crippen molar-refractivity contribution in [2.45, 2.75) is 6.92 Å². The molecule has 126 valence electrons. The second-order valence-electron chi connectivity index (χ2n) is 4.97. The molecule has 2 aromatic carbocycles. The lowest BCUT2D eigenvalue weighted by Gasteiger charge is -2.07. The smallest absolute Gasteiger partial charge is 0.259 e. The summed E-state index contributed by atoms with van der Waals surface area (Å²) >= 11 is 6.23. The average Bonchev–Trinajstić information content (AvgIpc) is 2.57. The number of benzene rings is 2. The van der Waals surface area contributed by atoms with E-state index in [9.17, 15) is 15.0 Å². The number of aromatic hydroxyl groups is 2. The molecule has 0 unspecified atom stereocenters. The summed E-state index contributed by atoms with van der Waals surface area (Å²) in [6.07, 6.45) is 1.29. The summed E-state index contributed by atoms with van der Waals surface area (Å²) in [5.41, 5.74) is 4.67. The number of carbonyl (C=O) groups is 1. The first-order valence-corrected chi connectivity index (χ1v) is 8.49. The van der Waals surface area contributed by atoms with Crippen molar-refractivity contribution in [3.05, 3.63) is 50.4 Å². The van der Waals surface area contributed by atoms with Crippen LogP contribution in [0.3, 0.4) is 0 Å². The van der Waals surface area contributed by atoms with Gasteiger partial charge in [-0.3, -0.25) is 4.79 Å². The predicted octanol–water partition coefficient (Wildman–Crippen LogP) is 3.49. The fourth-order valence-corrected chi connectivity index (χ4v) is 2.94. The van der Waals surface area contributed by atoms with Crippen LogP contribution in [0.1, 0.15) is 11.1 Å². The monoisotopic (exact) mass is 455 g/mol. The summed E-state index contributed by atoms with van der Waals surface area (Å²) in [6, 6.07) is 9.14. The van der Waals surface area contributed by atoms with E-state index >= 15 is 0 Å². The summed E-state index contributed by atoms with van der Waals surface area (Å²) in [6.45, 7) is 2.05. The third-order valence-electron chi connectivity index (χ3n) is 3.10. The van der Waals surface area contributed by atoms with Crippen LogP contribution in [0.15, 0.2) is 44.4 Å². The maximum absolute atomic E-state index is 11.7. The molecule has 2 aromatic rings. The number of phenolic OH excluding ortho intramolecular Hbond substituents is 2. The Bertz CT molecular complexity index is 777. The average molecular weight is 457 g/mol. The zero-order valence-electron chi connectivity index (χ0n) is 12.7. The number of amides is 1. The van der Waals surface area contributed by atoms with E-state index < -0.39 is 0 Å². The zero-order chi connectivity index (χ0) is 17.7. The molecule has 2 rings (SSSR count). The van der Waals surface area contributed by atoms with Crippen LogP contribution in [0.25, 0.3) is 0 Å². The highest BCUT2D eigenvalue weighted by Crippen LogP contribution is 2.40. The van der Waals surface area contributed by atoms with Crippen molar-refractivity contribution in [3.8, 4) is 11.5 Å². The zero-order valence-corrected chi connectivity index (χ0v) is 15.8. The molecule has 24 heavy (non-hydrogen) atoms. The van der Waals surface area contributed by atoms with Crippen LogP contribution in [0, 0.1) is 6.92 Å². The van der Waals surface area contributed by atoms with Crippen LogP contribution in [0.4, 0.5) is 5.69 Å². The third kappa shape index (κ3) is 4.72. The highest BCUT2D eigenvalue weighted by Gasteiger charge is 2.12. The van der Waals surface area contributed by atoms with Gasteiger partial charge in [0.1, 0.15) is 16.0 Å². The van der Waals surface area contributed by atoms with Gasteiger partial charge in [0.05, 0.1) is 17.2 Å². The fourth-order valence-electron chi connectivity index (χ4n) is 1.78. The number of hydrazone groups is 1. The minimum absolute atomic E-state index is 0.0648. The van der Waals surface area contributed by atoms with Crippen molar-refractivity contribution in [1.29, 1.82) is 0 Å². The van der Waals surface area contributed by atoms with E-state index in [0.29, 0.717) is 10.0 Å². The van der Waals surface area contributed by atoms with E-state index in [1.54, 1.807) is 0 Å². The predicted molar refractivity (Wildman–Crippen MR) is 101 cm³/mol. The van der Waals surface area contributed by atoms with Crippen LogP contribution in [0.2, 0.25) is 0 Å². The van der Waals surface area contributed by atoms with Crippen molar-refractivity contribution in [3.63, 3.8) is 0 Å². The van der Waals surface area contributed by atoms with Gasteiger partial charge in [0.25, 0.3) is 5.91 Å². The van der Waals surface area contributed by atoms with Gasteiger partial charge in [0.2, 0.25) is 0 Å². The van der Waals surface area contributed by atoms with Crippen LogP contribution in [0.5, 0.6) is 11.5 Å². The molecule has 0 radical (unpaired) electrons. The largest absolute Gasteiger partial charge is 0.506 e. The van der Waals surface area contributed by atoms with Gasteiger partial charge < -0.3 is 15.5 Å². The molecule has 0 bridgehead atoms. The number of hydrogen-bond acceptors (Lipinski definition) is 5. The molecule has 0 aromatic heterocycles. The Morgan fingerprint density at radius 1 is 1.21 bits per heavy atom. The molecule has 0 saturated heterocycles. The molecule has 0 fully saturated rings. The summed E-state index contributed by atoms with van der Waals surface area (Å²) in [5, 5.41) is 26.3.